The van der Waals surface area contributed by atoms with Gasteiger partial charge in [-0.05, 0) is 56.0 Å². The number of likely N-dealkylation sites (tertiary alicyclic amines) is 1. The van der Waals surface area contributed by atoms with Crippen LogP contribution in [0.2, 0.25) is 0 Å². The fraction of sp³-hybridized carbons (Fsp3) is 0.346. The summed E-state index contributed by atoms with van der Waals surface area (Å²) in [6, 6.07) is 11.7. The molecule has 8 nitrogen and oxygen atoms in total. The highest BCUT2D eigenvalue weighted by Crippen LogP contribution is 2.32. The van der Waals surface area contributed by atoms with E-state index in [9.17, 15) is 14.4 Å². The van der Waals surface area contributed by atoms with E-state index >= 15 is 0 Å². The third-order valence-corrected chi connectivity index (χ3v) is 6.19. The number of nitrogens with one attached hydrogen (secondary N) is 2. The van der Waals surface area contributed by atoms with Gasteiger partial charge in [-0.3, -0.25) is 14.4 Å². The molecule has 0 aliphatic carbocycles. The summed E-state index contributed by atoms with van der Waals surface area (Å²) in [5.74, 6) is 0.335. The molecule has 0 saturated carbocycles. The number of hydrogen-bond acceptors (Lipinski definition) is 5. The maximum Gasteiger partial charge on any atom is 0.253 e. The predicted molar refractivity (Wildman–Crippen MR) is 127 cm³/mol. The maximum atomic E-state index is 13.0. The molecule has 3 amide bonds. The number of benzene rings is 2. The number of nitrogens with zero attached hydrogens (tertiary/aromatic N) is 1. The van der Waals surface area contributed by atoms with Crippen molar-refractivity contribution in [2.24, 2.45) is 5.92 Å². The molecule has 0 radical (unpaired) electrons. The Labute approximate surface area is 198 Å². The van der Waals surface area contributed by atoms with Crippen molar-refractivity contribution in [2.45, 2.75) is 25.8 Å². The first kappa shape index (κ1) is 23.4. The number of amides is 3. The molecule has 4 rings (SSSR count). The second-order valence-corrected chi connectivity index (χ2v) is 8.55. The first-order valence-corrected chi connectivity index (χ1v) is 11.4. The number of carbonyl (C=O) groups excluding carboxylic acids is 3. The minimum atomic E-state index is -0.728. The standard InChI is InChI=1S/C26H29N3O5/c1-3-11-27-25(31)23(28-24(30)19-7-8-21-22(15-19)34-16-33-21)18-9-12-29(13-10-18)26(32)20-6-4-5-17(2)14-20/h3-8,14-15,18,23H,1,9-13,16H2,2H3,(H,27,31)(H,28,30)/t23-/m0/s1. The van der Waals surface area contributed by atoms with Gasteiger partial charge in [0.05, 0.1) is 0 Å². The molecule has 0 bridgehead atoms. The number of rotatable bonds is 7. The highest BCUT2D eigenvalue weighted by Gasteiger charge is 2.34. The lowest BCUT2D eigenvalue weighted by atomic mass is 9.88. The summed E-state index contributed by atoms with van der Waals surface area (Å²) in [5, 5.41) is 5.70. The third-order valence-electron chi connectivity index (χ3n) is 6.19. The molecule has 34 heavy (non-hydrogen) atoms. The molecular formula is C26H29N3O5. The molecule has 0 unspecified atom stereocenters. The van der Waals surface area contributed by atoms with Crippen molar-refractivity contribution in [2.75, 3.05) is 26.4 Å². The van der Waals surface area contributed by atoms with Gasteiger partial charge in [-0.15, -0.1) is 6.58 Å². The van der Waals surface area contributed by atoms with Gasteiger partial charge in [0.15, 0.2) is 11.5 Å². The zero-order valence-corrected chi connectivity index (χ0v) is 19.2. The maximum absolute atomic E-state index is 13.0. The minimum absolute atomic E-state index is 0.0146. The van der Waals surface area contributed by atoms with Crippen LogP contribution >= 0.6 is 0 Å². The van der Waals surface area contributed by atoms with Crippen LogP contribution in [0.3, 0.4) is 0 Å². The van der Waals surface area contributed by atoms with Gasteiger partial charge < -0.3 is 25.0 Å². The highest BCUT2D eigenvalue weighted by atomic mass is 16.7. The van der Waals surface area contributed by atoms with Gasteiger partial charge in [0, 0.05) is 30.8 Å². The van der Waals surface area contributed by atoms with E-state index in [1.165, 1.54) is 0 Å². The summed E-state index contributed by atoms with van der Waals surface area (Å²) in [4.78, 5) is 40.6. The van der Waals surface area contributed by atoms with Crippen LogP contribution in [-0.4, -0.2) is 55.1 Å². The fourth-order valence-electron chi connectivity index (χ4n) is 4.34. The molecule has 2 heterocycles. The van der Waals surface area contributed by atoms with Gasteiger partial charge in [0.1, 0.15) is 6.04 Å². The Kier molecular flexibility index (Phi) is 7.15. The summed E-state index contributed by atoms with van der Waals surface area (Å²) in [7, 11) is 0. The molecule has 0 spiro atoms. The summed E-state index contributed by atoms with van der Waals surface area (Å²) in [6.45, 7) is 7.05. The lowest BCUT2D eigenvalue weighted by molar-refractivity contribution is -0.124. The van der Waals surface area contributed by atoms with Crippen LogP contribution in [0.4, 0.5) is 0 Å². The molecule has 0 aromatic heterocycles. The number of carbonyl (C=O) groups is 3. The van der Waals surface area contributed by atoms with Gasteiger partial charge >= 0.3 is 0 Å². The van der Waals surface area contributed by atoms with Crippen LogP contribution in [0.5, 0.6) is 11.5 Å². The summed E-state index contributed by atoms with van der Waals surface area (Å²) < 4.78 is 10.7. The van der Waals surface area contributed by atoms with Gasteiger partial charge in [-0.1, -0.05) is 23.8 Å². The second kappa shape index (κ2) is 10.4. The van der Waals surface area contributed by atoms with E-state index in [1.54, 1.807) is 24.3 Å². The Morgan fingerprint density at radius 2 is 1.85 bits per heavy atom. The van der Waals surface area contributed by atoms with E-state index in [2.05, 4.69) is 17.2 Å². The van der Waals surface area contributed by atoms with E-state index in [0.29, 0.717) is 55.1 Å². The third kappa shape index (κ3) is 5.22. The predicted octanol–water partition coefficient (Wildman–Crippen LogP) is 2.68. The molecule has 1 atom stereocenters. The Bertz CT molecular complexity index is 1090. The minimum Gasteiger partial charge on any atom is -0.454 e. The molecule has 8 heteroatoms. The number of fused-ring (bicyclic) bond motifs is 1. The van der Waals surface area contributed by atoms with Crippen LogP contribution in [0.15, 0.2) is 55.1 Å². The Hall–Kier alpha value is -3.81. The van der Waals surface area contributed by atoms with E-state index in [1.807, 2.05) is 36.1 Å². The molecule has 2 aliphatic rings. The number of piperidine rings is 1. The Morgan fingerprint density at radius 3 is 2.59 bits per heavy atom. The average molecular weight is 464 g/mol. The van der Waals surface area contributed by atoms with Crippen molar-refractivity contribution in [3.05, 3.63) is 71.8 Å². The van der Waals surface area contributed by atoms with Crippen LogP contribution in [0.25, 0.3) is 0 Å². The lowest BCUT2D eigenvalue weighted by Gasteiger charge is -2.36. The Balaban J connectivity index is 1.44. The smallest absolute Gasteiger partial charge is 0.253 e. The van der Waals surface area contributed by atoms with Crippen molar-refractivity contribution < 1.29 is 23.9 Å². The SMILES string of the molecule is C=CCNC(=O)[C@@H](NC(=O)c1ccc2c(c1)OCO2)C1CCN(C(=O)c2cccc(C)c2)CC1. The zero-order chi connectivity index (χ0) is 24.1. The van der Waals surface area contributed by atoms with E-state index < -0.39 is 6.04 Å². The van der Waals surface area contributed by atoms with Crippen molar-refractivity contribution >= 4 is 17.7 Å². The first-order chi connectivity index (χ1) is 16.5. The molecule has 1 fully saturated rings. The molecule has 2 N–H and O–H groups in total. The molecule has 2 aromatic rings. The molecule has 178 valence electrons. The second-order valence-electron chi connectivity index (χ2n) is 8.55. The number of aryl methyl sites for hydroxylation is 1. The Morgan fingerprint density at radius 1 is 1.09 bits per heavy atom. The highest BCUT2D eigenvalue weighted by molar-refractivity contribution is 5.98. The largest absolute Gasteiger partial charge is 0.454 e. The topological polar surface area (TPSA) is 97.0 Å². The van der Waals surface area contributed by atoms with E-state index in [0.717, 1.165) is 5.56 Å². The molecular weight excluding hydrogens is 434 g/mol. The monoisotopic (exact) mass is 463 g/mol. The zero-order valence-electron chi connectivity index (χ0n) is 19.2. The average Bonchev–Trinajstić information content (AvgIpc) is 3.33. The normalized spacial score (nSPS) is 16.0. The summed E-state index contributed by atoms with van der Waals surface area (Å²) >= 11 is 0. The summed E-state index contributed by atoms with van der Waals surface area (Å²) in [5.41, 5.74) is 2.08. The van der Waals surface area contributed by atoms with Crippen molar-refractivity contribution in [1.29, 1.82) is 0 Å². The van der Waals surface area contributed by atoms with E-state index in [4.69, 9.17) is 9.47 Å². The number of hydrogen-bond donors (Lipinski definition) is 2. The van der Waals surface area contributed by atoms with Crippen LogP contribution in [0, 0.1) is 12.8 Å². The van der Waals surface area contributed by atoms with E-state index in [-0.39, 0.29) is 30.4 Å². The lowest BCUT2D eigenvalue weighted by Crippen LogP contribution is -2.53. The molecule has 2 aromatic carbocycles. The van der Waals surface area contributed by atoms with Gasteiger partial charge in [-0.25, -0.2) is 0 Å². The van der Waals surface area contributed by atoms with Gasteiger partial charge in [0.25, 0.3) is 11.8 Å². The van der Waals surface area contributed by atoms with Crippen molar-refractivity contribution in [1.82, 2.24) is 15.5 Å². The van der Waals surface area contributed by atoms with Gasteiger partial charge in [0.2, 0.25) is 12.7 Å². The quantitative estimate of drug-likeness (QED) is 0.616. The van der Waals surface area contributed by atoms with Crippen LogP contribution < -0.4 is 20.1 Å². The van der Waals surface area contributed by atoms with Gasteiger partial charge in [-0.2, -0.15) is 0 Å². The van der Waals surface area contributed by atoms with Crippen LogP contribution in [-0.2, 0) is 4.79 Å². The number of ether oxygens (including phenoxy) is 2. The van der Waals surface area contributed by atoms with Crippen molar-refractivity contribution in [3.63, 3.8) is 0 Å². The summed E-state index contributed by atoms with van der Waals surface area (Å²) in [6.07, 6.45) is 2.80. The molecule has 1 saturated heterocycles. The molecule has 2 aliphatic heterocycles. The van der Waals surface area contributed by atoms with Crippen LogP contribution in [0.1, 0.15) is 39.1 Å². The fourth-order valence-corrected chi connectivity index (χ4v) is 4.34. The van der Waals surface area contributed by atoms with Crippen molar-refractivity contribution in [3.8, 4) is 11.5 Å². The first-order valence-electron chi connectivity index (χ1n) is 11.4.